The van der Waals surface area contributed by atoms with E-state index in [4.69, 9.17) is 12.3 Å². The molecule has 0 amide bonds. The van der Waals surface area contributed by atoms with Crippen LogP contribution in [0.4, 0.5) is 0 Å². The largest absolute Gasteiger partial charge is 0.240 e. The molecule has 0 bridgehead atoms. The van der Waals surface area contributed by atoms with E-state index in [1.807, 2.05) is 94.5 Å². The SMILES string of the molecule is [2H]C([2H])([2H])c1cc2c(cc1-c1cc(C)[n+](C)c(-c3ccccc3C)c1)B(c1c(C)cccc1C([2H])([2H])[2H])c1ccccc1B2c1c(C)cccc1C([2H])([2H])[2H]. The van der Waals surface area contributed by atoms with Gasteiger partial charge in [0.25, 0.3) is 0 Å². The van der Waals surface area contributed by atoms with Crippen LogP contribution in [0.5, 0.6) is 0 Å². The van der Waals surface area contributed by atoms with Gasteiger partial charge in [0.2, 0.25) is 19.1 Å². The van der Waals surface area contributed by atoms with Gasteiger partial charge in [0, 0.05) is 37.0 Å². The van der Waals surface area contributed by atoms with Crippen molar-refractivity contribution in [2.24, 2.45) is 7.05 Å². The third-order valence-electron chi connectivity index (χ3n) is 9.97. The summed E-state index contributed by atoms with van der Waals surface area (Å²) in [6, 6.07) is 34.2. The highest BCUT2D eigenvalue weighted by Gasteiger charge is 2.41. The Kier molecular flexibility index (Phi) is 5.37. The van der Waals surface area contributed by atoms with Crippen LogP contribution in [0, 0.1) is 48.3 Å². The Hall–Kier alpha value is -4.62. The zero-order valence-electron chi connectivity index (χ0n) is 36.0. The summed E-state index contributed by atoms with van der Waals surface area (Å²) >= 11 is 0. The minimum atomic E-state index is -2.55. The van der Waals surface area contributed by atoms with Gasteiger partial charge in [0.15, 0.2) is 5.69 Å². The summed E-state index contributed by atoms with van der Waals surface area (Å²) < 4.78 is 80.7. The summed E-state index contributed by atoms with van der Waals surface area (Å²) in [5.41, 5.74) is 11.6. The first-order valence-corrected chi connectivity index (χ1v) is 15.8. The number of nitrogens with zero attached hydrogens (tertiary/aromatic N) is 1. The zero-order chi connectivity index (χ0) is 39.8. The van der Waals surface area contributed by atoms with E-state index in [2.05, 4.69) is 23.6 Å². The molecule has 46 heavy (non-hydrogen) atoms. The maximum Gasteiger partial charge on any atom is 0.240 e. The molecule has 0 unspecified atom stereocenters. The number of fused-ring (bicyclic) bond motifs is 2. The molecule has 0 saturated carbocycles. The third-order valence-corrected chi connectivity index (χ3v) is 9.97. The number of benzene rings is 5. The van der Waals surface area contributed by atoms with Crippen LogP contribution >= 0.6 is 0 Å². The number of hydrogen-bond acceptors (Lipinski definition) is 0. The normalized spacial score (nSPS) is 16.0. The van der Waals surface area contributed by atoms with Gasteiger partial charge in [0.1, 0.15) is 7.05 Å². The lowest BCUT2D eigenvalue weighted by atomic mass is 9.20. The maximum atomic E-state index is 8.96. The van der Waals surface area contributed by atoms with E-state index in [0.29, 0.717) is 22.0 Å². The number of aryl methyl sites for hydroxylation is 7. The molecule has 1 aliphatic heterocycles. The molecular formula is C43H42B2N+. The lowest BCUT2D eigenvalue weighted by Gasteiger charge is -2.35. The average molecular weight is 603 g/mol. The summed E-state index contributed by atoms with van der Waals surface area (Å²) in [7, 11) is 2.00. The van der Waals surface area contributed by atoms with Gasteiger partial charge < -0.3 is 0 Å². The van der Waals surface area contributed by atoms with Gasteiger partial charge in [-0.25, -0.2) is 0 Å². The molecule has 0 spiro atoms. The Morgan fingerprint density at radius 1 is 0.478 bits per heavy atom. The van der Waals surface area contributed by atoms with Gasteiger partial charge in [-0.3, -0.25) is 0 Å². The molecule has 224 valence electrons. The Labute approximate surface area is 288 Å². The molecule has 1 aliphatic rings. The molecule has 0 radical (unpaired) electrons. The summed E-state index contributed by atoms with van der Waals surface area (Å²) in [4.78, 5) is 0. The van der Waals surface area contributed by atoms with Gasteiger partial charge in [-0.1, -0.05) is 146 Å². The number of rotatable bonds is 4. The zero-order valence-corrected chi connectivity index (χ0v) is 27.0. The second kappa shape index (κ2) is 11.6. The smallest absolute Gasteiger partial charge is 0.199 e. The highest BCUT2D eigenvalue weighted by molar-refractivity contribution is 7.11. The van der Waals surface area contributed by atoms with Gasteiger partial charge in [-0.15, -0.1) is 0 Å². The van der Waals surface area contributed by atoms with Crippen LogP contribution in [0.3, 0.4) is 0 Å². The lowest BCUT2D eigenvalue weighted by Crippen LogP contribution is -2.76. The molecule has 0 saturated heterocycles. The highest BCUT2D eigenvalue weighted by atomic mass is 14.9. The number of pyridine rings is 1. The summed E-state index contributed by atoms with van der Waals surface area (Å²) in [5.74, 6) is 0. The predicted molar refractivity (Wildman–Crippen MR) is 200 cm³/mol. The van der Waals surface area contributed by atoms with Crippen LogP contribution in [0.25, 0.3) is 22.4 Å². The van der Waals surface area contributed by atoms with E-state index in [0.717, 1.165) is 55.6 Å². The fraction of sp³-hybridized carbons (Fsp3) is 0.186. The van der Waals surface area contributed by atoms with Crippen molar-refractivity contribution in [1.82, 2.24) is 0 Å². The van der Waals surface area contributed by atoms with E-state index in [1.54, 1.807) is 30.3 Å². The van der Waals surface area contributed by atoms with E-state index < -0.39 is 34.0 Å². The Balaban J connectivity index is 1.66. The Bertz CT molecular complexity index is 2480. The van der Waals surface area contributed by atoms with Crippen molar-refractivity contribution < 1.29 is 16.9 Å². The topological polar surface area (TPSA) is 3.88 Å². The monoisotopic (exact) mass is 603 g/mol. The number of aromatic nitrogens is 1. The molecule has 0 atom stereocenters. The van der Waals surface area contributed by atoms with E-state index in [1.165, 1.54) is 0 Å². The fourth-order valence-corrected chi connectivity index (χ4v) is 7.57. The highest BCUT2D eigenvalue weighted by Crippen LogP contribution is 2.29. The standard InChI is InChI=1S/C43H42B2N/c1-27-15-9-10-20-35(27)41-25-34(24-33(7)46(41)8)36-26-40-39(23-32(36)6)44(42-28(2)16-13-17-29(42)3)37-21-11-12-22-38(37)45(40)43-30(4)18-14-19-31(43)5/h9-26H,1-8H3/q+1/i2D3,4D3,6D3. The first-order chi connectivity index (χ1) is 25.8. The molecule has 0 aliphatic carbocycles. The van der Waals surface area contributed by atoms with Crippen molar-refractivity contribution in [1.29, 1.82) is 0 Å². The van der Waals surface area contributed by atoms with Crippen molar-refractivity contribution >= 4 is 46.2 Å². The van der Waals surface area contributed by atoms with Gasteiger partial charge in [-0.05, 0) is 69.6 Å². The third kappa shape index (κ3) is 4.85. The second-order valence-corrected chi connectivity index (χ2v) is 12.7. The van der Waals surface area contributed by atoms with Crippen LogP contribution in [0.1, 0.15) is 51.4 Å². The number of hydrogen-bond donors (Lipinski definition) is 0. The van der Waals surface area contributed by atoms with Crippen LogP contribution in [-0.2, 0) is 7.05 Å². The van der Waals surface area contributed by atoms with Crippen molar-refractivity contribution in [3.8, 4) is 22.4 Å². The molecule has 1 aromatic heterocycles. The predicted octanol–water partition coefficient (Wildman–Crippen LogP) is 5.35. The minimum Gasteiger partial charge on any atom is -0.199 e. The van der Waals surface area contributed by atoms with Crippen LogP contribution in [-0.4, -0.2) is 13.4 Å². The molecule has 0 fully saturated rings. The van der Waals surface area contributed by atoms with Gasteiger partial charge in [-0.2, -0.15) is 4.57 Å². The van der Waals surface area contributed by atoms with Crippen LogP contribution < -0.4 is 37.3 Å². The molecule has 7 rings (SSSR count). The van der Waals surface area contributed by atoms with Crippen LogP contribution in [0.15, 0.2) is 109 Å². The van der Waals surface area contributed by atoms with Gasteiger partial charge in [0.05, 0.1) is 0 Å². The van der Waals surface area contributed by atoms with Crippen molar-refractivity contribution in [2.45, 2.75) is 48.3 Å². The van der Waals surface area contributed by atoms with Crippen LogP contribution in [0.2, 0.25) is 0 Å². The van der Waals surface area contributed by atoms with Crippen molar-refractivity contribution in [3.05, 3.63) is 148 Å². The first-order valence-electron chi connectivity index (χ1n) is 20.3. The summed E-state index contributed by atoms with van der Waals surface area (Å²) in [5, 5.41) is 0. The fourth-order valence-electron chi connectivity index (χ4n) is 7.57. The quantitative estimate of drug-likeness (QED) is 0.189. The molecular weight excluding hydrogens is 552 g/mol. The van der Waals surface area contributed by atoms with Crippen molar-refractivity contribution in [2.75, 3.05) is 0 Å². The summed E-state index contributed by atoms with van der Waals surface area (Å²) in [6.45, 7) is -0.824. The molecule has 0 N–H and O–H groups in total. The molecule has 6 aromatic rings. The van der Waals surface area contributed by atoms with Crippen molar-refractivity contribution in [3.63, 3.8) is 0 Å². The lowest BCUT2D eigenvalue weighted by molar-refractivity contribution is -0.666. The van der Waals surface area contributed by atoms with E-state index in [9.17, 15) is 0 Å². The Morgan fingerprint density at radius 2 is 1.00 bits per heavy atom. The summed E-state index contributed by atoms with van der Waals surface area (Å²) in [6.07, 6.45) is 0. The van der Waals surface area contributed by atoms with Gasteiger partial charge >= 0.3 is 0 Å². The van der Waals surface area contributed by atoms with E-state index in [-0.39, 0.29) is 16.7 Å². The maximum absolute atomic E-state index is 8.96. The molecule has 3 heteroatoms. The second-order valence-electron chi connectivity index (χ2n) is 12.7. The Morgan fingerprint density at radius 3 is 1.59 bits per heavy atom. The molecule has 1 nitrogen and oxygen atoms in total. The molecule has 5 aromatic carbocycles. The van der Waals surface area contributed by atoms with E-state index >= 15 is 0 Å². The first kappa shape index (κ1) is 21.2. The minimum absolute atomic E-state index is 0.142. The molecule has 2 heterocycles. The average Bonchev–Trinajstić information content (AvgIpc) is 3.10.